The molecule has 0 saturated carbocycles. The average Bonchev–Trinajstić information content (AvgIpc) is 2.37. The Morgan fingerprint density at radius 2 is 2.00 bits per heavy atom. The van der Waals surface area contributed by atoms with Crippen LogP contribution in [0.25, 0.3) is 0 Å². The van der Waals surface area contributed by atoms with E-state index in [-0.39, 0.29) is 6.10 Å². The highest BCUT2D eigenvalue weighted by molar-refractivity contribution is 6.31. The molecule has 19 heavy (non-hydrogen) atoms. The van der Waals surface area contributed by atoms with Gasteiger partial charge in [0.1, 0.15) is 0 Å². The van der Waals surface area contributed by atoms with Crippen LogP contribution in [0, 0.1) is 0 Å². The molecule has 2 nitrogen and oxygen atoms in total. The Morgan fingerprint density at radius 1 is 1.26 bits per heavy atom. The van der Waals surface area contributed by atoms with Gasteiger partial charge in [0.05, 0.1) is 6.10 Å². The minimum atomic E-state index is 0.287. The Bertz CT molecular complexity index is 354. The number of hydrogen-bond donors (Lipinski definition) is 1. The molecule has 1 atom stereocenters. The molecule has 108 valence electrons. The van der Waals surface area contributed by atoms with Gasteiger partial charge >= 0.3 is 0 Å². The smallest absolute Gasteiger partial charge is 0.0518 e. The van der Waals surface area contributed by atoms with Crippen molar-refractivity contribution in [2.45, 2.75) is 45.6 Å². The number of halogens is 1. The fourth-order valence-corrected chi connectivity index (χ4v) is 2.36. The van der Waals surface area contributed by atoms with Gasteiger partial charge in [-0.1, -0.05) is 36.7 Å². The van der Waals surface area contributed by atoms with Gasteiger partial charge in [0.2, 0.25) is 0 Å². The van der Waals surface area contributed by atoms with E-state index < -0.39 is 0 Å². The minimum Gasteiger partial charge on any atom is -0.379 e. The Labute approximate surface area is 122 Å². The first-order valence-electron chi connectivity index (χ1n) is 7.21. The van der Waals surface area contributed by atoms with Crippen molar-refractivity contribution < 1.29 is 4.74 Å². The molecule has 0 aliphatic carbocycles. The maximum atomic E-state index is 6.30. The number of hydrogen-bond acceptors (Lipinski definition) is 2. The van der Waals surface area contributed by atoms with E-state index in [9.17, 15) is 0 Å². The van der Waals surface area contributed by atoms with E-state index in [0.717, 1.165) is 37.6 Å². The van der Waals surface area contributed by atoms with Gasteiger partial charge in [-0.15, -0.1) is 0 Å². The number of rotatable bonds is 9. The highest BCUT2D eigenvalue weighted by Crippen LogP contribution is 2.26. The third kappa shape index (κ3) is 6.42. The Morgan fingerprint density at radius 3 is 2.63 bits per heavy atom. The standard InChI is InChI=1S/C16H26ClNO/c1-4-10-18-12-14(9-11-19-13(2)3)15-7-5-6-8-16(15)17/h5-8,13-14,18H,4,9-12H2,1-3H3. The highest BCUT2D eigenvalue weighted by atomic mass is 35.5. The van der Waals surface area contributed by atoms with Crippen LogP contribution in [0.1, 0.15) is 45.1 Å². The van der Waals surface area contributed by atoms with E-state index >= 15 is 0 Å². The first kappa shape index (κ1) is 16.5. The van der Waals surface area contributed by atoms with Crippen LogP contribution in [-0.4, -0.2) is 25.8 Å². The summed E-state index contributed by atoms with van der Waals surface area (Å²) in [5.41, 5.74) is 1.22. The van der Waals surface area contributed by atoms with Gasteiger partial charge in [-0.25, -0.2) is 0 Å². The quantitative estimate of drug-likeness (QED) is 0.685. The van der Waals surface area contributed by atoms with Gasteiger partial charge in [0, 0.05) is 18.2 Å². The molecular weight excluding hydrogens is 258 g/mol. The summed E-state index contributed by atoms with van der Waals surface area (Å²) >= 11 is 6.30. The zero-order chi connectivity index (χ0) is 14.1. The lowest BCUT2D eigenvalue weighted by molar-refractivity contribution is 0.0733. The van der Waals surface area contributed by atoms with Crippen molar-refractivity contribution in [1.29, 1.82) is 0 Å². The lowest BCUT2D eigenvalue weighted by atomic mass is 9.96. The van der Waals surface area contributed by atoms with E-state index in [4.69, 9.17) is 16.3 Å². The molecule has 1 aromatic rings. The van der Waals surface area contributed by atoms with Crippen LogP contribution in [0.2, 0.25) is 5.02 Å². The van der Waals surface area contributed by atoms with Crippen molar-refractivity contribution in [3.8, 4) is 0 Å². The first-order chi connectivity index (χ1) is 9.15. The second kappa shape index (κ2) is 9.35. The van der Waals surface area contributed by atoms with Gasteiger partial charge in [-0.2, -0.15) is 0 Å². The summed E-state index contributed by atoms with van der Waals surface area (Å²) in [7, 11) is 0. The highest BCUT2D eigenvalue weighted by Gasteiger charge is 2.14. The van der Waals surface area contributed by atoms with Crippen LogP contribution in [0.15, 0.2) is 24.3 Å². The van der Waals surface area contributed by atoms with Crippen LogP contribution in [0.4, 0.5) is 0 Å². The topological polar surface area (TPSA) is 21.3 Å². The number of benzene rings is 1. The zero-order valence-electron chi connectivity index (χ0n) is 12.3. The molecule has 1 rings (SSSR count). The molecule has 0 spiro atoms. The molecule has 0 amide bonds. The van der Waals surface area contributed by atoms with Gasteiger partial charge < -0.3 is 10.1 Å². The lowest BCUT2D eigenvalue weighted by Gasteiger charge is -2.20. The second-order valence-electron chi connectivity index (χ2n) is 5.13. The SMILES string of the molecule is CCCNCC(CCOC(C)C)c1ccccc1Cl. The summed E-state index contributed by atoms with van der Waals surface area (Å²) in [6.45, 7) is 9.10. The molecule has 1 unspecified atom stereocenters. The van der Waals surface area contributed by atoms with Crippen molar-refractivity contribution in [2.24, 2.45) is 0 Å². The summed E-state index contributed by atoms with van der Waals surface area (Å²) in [5, 5.41) is 4.34. The monoisotopic (exact) mass is 283 g/mol. The summed E-state index contributed by atoms with van der Waals surface area (Å²) in [5.74, 6) is 0.416. The predicted molar refractivity (Wildman–Crippen MR) is 83.1 cm³/mol. The van der Waals surface area contributed by atoms with Crippen LogP contribution in [0.5, 0.6) is 0 Å². The first-order valence-corrected chi connectivity index (χ1v) is 7.59. The van der Waals surface area contributed by atoms with Crippen molar-refractivity contribution in [3.05, 3.63) is 34.9 Å². The molecular formula is C16H26ClNO. The molecule has 0 radical (unpaired) electrons. The predicted octanol–water partition coefficient (Wildman–Crippen LogP) is 4.24. The molecule has 0 bridgehead atoms. The number of nitrogens with one attached hydrogen (secondary N) is 1. The summed E-state index contributed by atoms with van der Waals surface area (Å²) in [6.07, 6.45) is 2.44. The van der Waals surface area contributed by atoms with E-state index in [1.54, 1.807) is 0 Å². The maximum Gasteiger partial charge on any atom is 0.0518 e. The molecule has 0 fully saturated rings. The lowest BCUT2D eigenvalue weighted by Crippen LogP contribution is -2.24. The Kier molecular flexibility index (Phi) is 8.11. The third-order valence-electron chi connectivity index (χ3n) is 3.08. The molecule has 0 aliphatic heterocycles. The molecule has 1 N–H and O–H groups in total. The Balaban J connectivity index is 2.60. The fraction of sp³-hybridized carbons (Fsp3) is 0.625. The zero-order valence-corrected chi connectivity index (χ0v) is 13.0. The molecule has 0 aromatic heterocycles. The summed E-state index contributed by atoms with van der Waals surface area (Å²) in [6, 6.07) is 8.12. The van der Waals surface area contributed by atoms with Crippen molar-refractivity contribution in [1.82, 2.24) is 5.32 Å². The van der Waals surface area contributed by atoms with E-state index in [0.29, 0.717) is 5.92 Å². The third-order valence-corrected chi connectivity index (χ3v) is 3.42. The molecule has 0 saturated heterocycles. The van der Waals surface area contributed by atoms with Crippen LogP contribution in [0.3, 0.4) is 0 Å². The van der Waals surface area contributed by atoms with Gasteiger partial charge in [-0.3, -0.25) is 0 Å². The van der Waals surface area contributed by atoms with Crippen LogP contribution in [-0.2, 0) is 4.74 Å². The Hall–Kier alpha value is -0.570. The van der Waals surface area contributed by atoms with Crippen molar-refractivity contribution >= 4 is 11.6 Å². The maximum absolute atomic E-state index is 6.30. The van der Waals surface area contributed by atoms with E-state index in [1.165, 1.54) is 5.56 Å². The van der Waals surface area contributed by atoms with Crippen molar-refractivity contribution in [3.63, 3.8) is 0 Å². The number of ether oxygens (including phenoxy) is 1. The van der Waals surface area contributed by atoms with Crippen LogP contribution >= 0.6 is 11.6 Å². The summed E-state index contributed by atoms with van der Waals surface area (Å²) < 4.78 is 5.67. The van der Waals surface area contributed by atoms with Gasteiger partial charge in [0.25, 0.3) is 0 Å². The molecule has 0 aliphatic rings. The molecule has 1 aromatic carbocycles. The minimum absolute atomic E-state index is 0.287. The second-order valence-corrected chi connectivity index (χ2v) is 5.54. The van der Waals surface area contributed by atoms with E-state index in [2.05, 4.69) is 38.2 Å². The normalized spacial score (nSPS) is 12.9. The average molecular weight is 284 g/mol. The van der Waals surface area contributed by atoms with Crippen LogP contribution < -0.4 is 5.32 Å². The summed E-state index contributed by atoms with van der Waals surface area (Å²) in [4.78, 5) is 0. The van der Waals surface area contributed by atoms with Gasteiger partial charge in [0.15, 0.2) is 0 Å². The van der Waals surface area contributed by atoms with E-state index in [1.807, 2.05) is 12.1 Å². The molecule has 3 heteroatoms. The molecule has 0 heterocycles. The van der Waals surface area contributed by atoms with Gasteiger partial charge in [-0.05, 0) is 50.8 Å². The van der Waals surface area contributed by atoms with Crippen molar-refractivity contribution in [2.75, 3.05) is 19.7 Å². The largest absolute Gasteiger partial charge is 0.379 e. The fourth-order valence-electron chi connectivity index (χ4n) is 2.07.